The monoisotopic (exact) mass is 344 g/mol. The molecular weight excluding hydrogens is 316 g/mol. The summed E-state index contributed by atoms with van der Waals surface area (Å²) in [6.45, 7) is 11.4. The van der Waals surface area contributed by atoms with Crippen LogP contribution in [0.2, 0.25) is 0 Å². The van der Waals surface area contributed by atoms with Gasteiger partial charge in [0.15, 0.2) is 9.84 Å². The van der Waals surface area contributed by atoms with E-state index in [4.69, 9.17) is 4.74 Å². The van der Waals surface area contributed by atoms with Crippen molar-refractivity contribution in [1.29, 1.82) is 0 Å². The van der Waals surface area contributed by atoms with E-state index in [1.54, 1.807) is 4.90 Å². The predicted octanol–water partition coefficient (Wildman–Crippen LogP) is 1.67. The van der Waals surface area contributed by atoms with E-state index in [9.17, 15) is 13.2 Å². The Kier molecular flexibility index (Phi) is 5.11. The third-order valence-corrected chi connectivity index (χ3v) is 5.85. The number of nitrogens with zero attached hydrogens (tertiary/aromatic N) is 2. The molecule has 0 aromatic rings. The summed E-state index contributed by atoms with van der Waals surface area (Å²) in [6, 6.07) is -0.453. The number of hydrogen-bond acceptors (Lipinski definition) is 5. The van der Waals surface area contributed by atoms with Crippen LogP contribution in [0.15, 0.2) is 11.6 Å². The van der Waals surface area contributed by atoms with Crippen molar-refractivity contribution in [3.63, 3.8) is 0 Å². The lowest BCUT2D eigenvalue weighted by Crippen LogP contribution is -2.61. The lowest BCUT2D eigenvalue weighted by atomic mass is 10.0. The van der Waals surface area contributed by atoms with Crippen LogP contribution in [0.3, 0.4) is 0 Å². The van der Waals surface area contributed by atoms with Crippen molar-refractivity contribution in [2.45, 2.75) is 52.3 Å². The molecule has 7 heteroatoms. The minimum atomic E-state index is -3.12. The molecule has 2 heterocycles. The van der Waals surface area contributed by atoms with E-state index in [0.29, 0.717) is 13.1 Å². The smallest absolute Gasteiger partial charge is 0.410 e. The quantitative estimate of drug-likeness (QED) is 0.713. The fourth-order valence-corrected chi connectivity index (χ4v) is 5.11. The zero-order valence-corrected chi connectivity index (χ0v) is 15.5. The molecule has 1 amide bonds. The SMILES string of the molecule is CC(C)=CCN1CCN(C(=O)OC(C)(C)C)[C@H]2CS(=O)(=O)C[C@@H]21. The second-order valence-electron chi connectivity index (χ2n) is 7.66. The van der Waals surface area contributed by atoms with E-state index in [0.717, 1.165) is 6.54 Å². The highest BCUT2D eigenvalue weighted by Crippen LogP contribution is 2.28. The van der Waals surface area contributed by atoms with Gasteiger partial charge in [0.2, 0.25) is 0 Å². The Morgan fingerprint density at radius 2 is 1.78 bits per heavy atom. The molecule has 0 aliphatic carbocycles. The van der Waals surface area contributed by atoms with Crippen LogP contribution in [0.1, 0.15) is 34.6 Å². The number of amides is 1. The zero-order chi connectivity index (χ0) is 17.4. The lowest BCUT2D eigenvalue weighted by molar-refractivity contribution is -0.00687. The summed E-state index contributed by atoms with van der Waals surface area (Å²) in [4.78, 5) is 16.2. The van der Waals surface area contributed by atoms with E-state index >= 15 is 0 Å². The van der Waals surface area contributed by atoms with Crippen molar-refractivity contribution in [2.75, 3.05) is 31.1 Å². The van der Waals surface area contributed by atoms with Gasteiger partial charge in [0.1, 0.15) is 5.60 Å². The van der Waals surface area contributed by atoms with Gasteiger partial charge in [-0.3, -0.25) is 4.90 Å². The number of piperazine rings is 1. The molecule has 2 saturated heterocycles. The highest BCUT2D eigenvalue weighted by molar-refractivity contribution is 7.91. The van der Waals surface area contributed by atoms with Crippen molar-refractivity contribution < 1.29 is 17.9 Å². The number of allylic oxidation sites excluding steroid dienone is 1. The minimum Gasteiger partial charge on any atom is -0.444 e. The first-order chi connectivity index (χ1) is 10.5. The van der Waals surface area contributed by atoms with Crippen LogP contribution < -0.4 is 0 Å². The normalized spacial score (nSPS) is 27.4. The Labute approximate surface area is 139 Å². The first-order valence-corrected chi connectivity index (χ1v) is 9.88. The zero-order valence-electron chi connectivity index (χ0n) is 14.7. The number of ether oxygens (including phenoxy) is 1. The van der Waals surface area contributed by atoms with Gasteiger partial charge in [-0.15, -0.1) is 0 Å². The molecule has 0 radical (unpaired) electrons. The topological polar surface area (TPSA) is 66.9 Å². The van der Waals surface area contributed by atoms with Gasteiger partial charge >= 0.3 is 6.09 Å². The number of rotatable bonds is 2. The molecule has 0 aromatic heterocycles. The Morgan fingerprint density at radius 1 is 1.17 bits per heavy atom. The number of carbonyl (C=O) groups is 1. The molecule has 0 unspecified atom stereocenters. The number of fused-ring (bicyclic) bond motifs is 1. The molecule has 2 aliphatic heterocycles. The Morgan fingerprint density at radius 3 is 2.35 bits per heavy atom. The van der Waals surface area contributed by atoms with Crippen LogP contribution in [0, 0.1) is 0 Å². The van der Waals surface area contributed by atoms with E-state index in [1.165, 1.54) is 5.57 Å². The molecule has 0 bridgehead atoms. The molecule has 0 saturated carbocycles. The van der Waals surface area contributed by atoms with Crippen LogP contribution in [0.4, 0.5) is 4.79 Å². The highest BCUT2D eigenvalue weighted by Gasteiger charge is 2.48. The summed E-state index contributed by atoms with van der Waals surface area (Å²) in [7, 11) is -3.12. The molecule has 23 heavy (non-hydrogen) atoms. The maximum atomic E-state index is 12.4. The van der Waals surface area contributed by atoms with Gasteiger partial charge in [0, 0.05) is 25.7 Å². The van der Waals surface area contributed by atoms with Gasteiger partial charge in [-0.2, -0.15) is 0 Å². The van der Waals surface area contributed by atoms with Crippen molar-refractivity contribution >= 4 is 15.9 Å². The largest absolute Gasteiger partial charge is 0.444 e. The van der Waals surface area contributed by atoms with Crippen molar-refractivity contribution in [3.05, 3.63) is 11.6 Å². The molecule has 2 rings (SSSR count). The van der Waals surface area contributed by atoms with Gasteiger partial charge in [-0.1, -0.05) is 11.6 Å². The molecule has 0 N–H and O–H groups in total. The maximum absolute atomic E-state index is 12.4. The average molecular weight is 344 g/mol. The highest BCUT2D eigenvalue weighted by atomic mass is 32.2. The molecule has 2 atom stereocenters. The summed E-state index contributed by atoms with van der Waals surface area (Å²) >= 11 is 0. The van der Waals surface area contributed by atoms with E-state index < -0.39 is 21.5 Å². The first kappa shape index (κ1) is 18.3. The van der Waals surface area contributed by atoms with Crippen LogP contribution >= 0.6 is 0 Å². The fourth-order valence-electron chi connectivity index (χ4n) is 3.10. The van der Waals surface area contributed by atoms with Gasteiger partial charge in [0.05, 0.1) is 17.5 Å². The number of sulfone groups is 1. The maximum Gasteiger partial charge on any atom is 0.410 e. The number of hydrogen-bond donors (Lipinski definition) is 0. The molecule has 6 nitrogen and oxygen atoms in total. The van der Waals surface area contributed by atoms with Crippen LogP contribution in [0.5, 0.6) is 0 Å². The Balaban J connectivity index is 2.18. The van der Waals surface area contributed by atoms with E-state index in [-0.39, 0.29) is 23.6 Å². The molecule has 0 aromatic carbocycles. The third kappa shape index (κ3) is 4.70. The second-order valence-corrected chi connectivity index (χ2v) is 9.82. The Hall–Kier alpha value is -1.08. The van der Waals surface area contributed by atoms with E-state index in [2.05, 4.69) is 11.0 Å². The van der Waals surface area contributed by atoms with Gasteiger partial charge in [0.25, 0.3) is 0 Å². The molecule has 2 aliphatic rings. The summed E-state index contributed by atoms with van der Waals surface area (Å²) < 4.78 is 29.7. The van der Waals surface area contributed by atoms with Crippen LogP contribution in [-0.4, -0.2) is 73.1 Å². The molecule has 132 valence electrons. The molecule has 0 spiro atoms. The lowest BCUT2D eigenvalue weighted by Gasteiger charge is -2.43. The van der Waals surface area contributed by atoms with E-state index in [1.807, 2.05) is 34.6 Å². The van der Waals surface area contributed by atoms with Crippen molar-refractivity contribution in [1.82, 2.24) is 9.80 Å². The number of carbonyl (C=O) groups excluding carboxylic acids is 1. The Bertz CT molecular complexity index is 588. The van der Waals surface area contributed by atoms with Crippen LogP contribution in [0.25, 0.3) is 0 Å². The third-order valence-electron chi connectivity index (χ3n) is 4.15. The van der Waals surface area contributed by atoms with Gasteiger partial charge in [-0.25, -0.2) is 13.2 Å². The summed E-state index contributed by atoms with van der Waals surface area (Å²) in [5.74, 6) is 0.149. The average Bonchev–Trinajstić information content (AvgIpc) is 2.68. The van der Waals surface area contributed by atoms with Crippen molar-refractivity contribution in [2.24, 2.45) is 0 Å². The van der Waals surface area contributed by atoms with Gasteiger partial charge < -0.3 is 9.64 Å². The first-order valence-electron chi connectivity index (χ1n) is 8.06. The molecular formula is C16H28N2O4S. The summed E-state index contributed by atoms with van der Waals surface area (Å²) in [5.41, 5.74) is 0.625. The van der Waals surface area contributed by atoms with Crippen LogP contribution in [-0.2, 0) is 14.6 Å². The molecule has 2 fully saturated rings. The minimum absolute atomic E-state index is 0.0300. The van der Waals surface area contributed by atoms with Gasteiger partial charge in [-0.05, 0) is 34.6 Å². The standard InChI is InChI=1S/C16H28N2O4S/c1-12(2)6-7-17-8-9-18(15(19)22-16(3,4)5)14-11-23(20,21)10-13(14)17/h6,13-14H,7-11H2,1-5H3/t13-,14-/m0/s1. The van der Waals surface area contributed by atoms with Crippen molar-refractivity contribution in [3.8, 4) is 0 Å². The predicted molar refractivity (Wildman–Crippen MR) is 90.2 cm³/mol. The summed E-state index contributed by atoms with van der Waals surface area (Å²) in [6.07, 6.45) is 1.69. The summed E-state index contributed by atoms with van der Waals surface area (Å²) in [5, 5.41) is 0. The second kappa shape index (κ2) is 6.43. The fraction of sp³-hybridized carbons (Fsp3) is 0.812.